The minimum atomic E-state index is -0.346. The fraction of sp³-hybridized carbons (Fsp3) is 0.333. The first-order chi connectivity index (χ1) is 8.52. The van der Waals surface area contributed by atoms with Crippen molar-refractivity contribution in [3.8, 4) is 0 Å². The molecule has 4 N–H and O–H groups in total. The Kier molecular flexibility index (Phi) is 5.61. The van der Waals surface area contributed by atoms with Gasteiger partial charge in [-0.3, -0.25) is 9.59 Å². The van der Waals surface area contributed by atoms with Gasteiger partial charge in [-0.15, -0.1) is 0 Å². The van der Waals surface area contributed by atoms with Gasteiger partial charge in [-0.2, -0.15) is 0 Å². The van der Waals surface area contributed by atoms with E-state index in [4.69, 9.17) is 11.6 Å². The smallest absolute Gasteiger partial charge is 0.282 e. The molecule has 0 saturated heterocycles. The second-order valence-electron chi connectivity index (χ2n) is 3.90. The minimum absolute atomic E-state index is 0.114. The van der Waals surface area contributed by atoms with E-state index in [0.717, 1.165) is 0 Å². The number of nitrogens with one attached hydrogen (secondary N) is 2. The number of rotatable bonds is 5. The predicted molar refractivity (Wildman–Crippen MR) is 70.4 cm³/mol. The van der Waals surface area contributed by atoms with E-state index < -0.39 is 0 Å². The minimum Gasteiger partial charge on any atom is -0.354 e. The van der Waals surface area contributed by atoms with Crippen LogP contribution in [0, 0.1) is 0 Å². The second kappa shape index (κ2) is 6.98. The topological polar surface area (TPSA) is 74.8 Å². The molecule has 0 aliphatic heterocycles. The van der Waals surface area contributed by atoms with Crippen LogP contribution in [0.25, 0.3) is 0 Å². The number of likely N-dealkylation sites (N-methyl/N-ethyl adjacent to an activating group) is 1. The summed E-state index contributed by atoms with van der Waals surface area (Å²) in [5.74, 6) is -0.279. The van der Waals surface area contributed by atoms with Crippen molar-refractivity contribution in [1.82, 2.24) is 5.32 Å². The lowest BCUT2D eigenvalue weighted by molar-refractivity contribution is -0.662. The second-order valence-corrected chi connectivity index (χ2v) is 4.34. The molecule has 0 aromatic heterocycles. The average Bonchev–Trinajstić information content (AvgIpc) is 2.35. The largest absolute Gasteiger partial charge is 0.354 e. The molecule has 0 heterocycles. The Hall–Kier alpha value is -1.59. The van der Waals surface area contributed by atoms with E-state index in [0.29, 0.717) is 10.7 Å². The van der Waals surface area contributed by atoms with E-state index in [-0.39, 0.29) is 24.4 Å². The van der Waals surface area contributed by atoms with Gasteiger partial charge in [0.1, 0.15) is 0 Å². The van der Waals surface area contributed by atoms with Crippen molar-refractivity contribution in [3.05, 3.63) is 29.3 Å². The standard InChI is InChI=1S/C12H16ClN3O2/c1-8(15-7-11(17)14-2)12(18)16-10-5-3-4-9(13)6-10/h3-6,8,15H,7H2,1-2H3,(H,14,17)(H,16,18)/p+1/t8-/m1/s1. The van der Waals surface area contributed by atoms with Gasteiger partial charge in [-0.25, -0.2) is 0 Å². The zero-order valence-corrected chi connectivity index (χ0v) is 11.1. The molecule has 1 aromatic rings. The van der Waals surface area contributed by atoms with E-state index in [2.05, 4.69) is 10.6 Å². The molecular formula is C12H17ClN3O2+. The van der Waals surface area contributed by atoms with Crippen LogP contribution < -0.4 is 16.0 Å². The molecule has 0 radical (unpaired) electrons. The number of nitrogens with two attached hydrogens (primary N) is 1. The fourth-order valence-corrected chi connectivity index (χ4v) is 1.51. The first-order valence-corrected chi connectivity index (χ1v) is 6.01. The van der Waals surface area contributed by atoms with Crippen LogP contribution in [-0.4, -0.2) is 31.4 Å². The summed E-state index contributed by atoms with van der Waals surface area (Å²) in [4.78, 5) is 22.9. The lowest BCUT2D eigenvalue weighted by atomic mass is 10.2. The van der Waals surface area contributed by atoms with Crippen LogP contribution in [-0.2, 0) is 9.59 Å². The fourth-order valence-electron chi connectivity index (χ4n) is 1.32. The van der Waals surface area contributed by atoms with Gasteiger partial charge in [-0.1, -0.05) is 17.7 Å². The zero-order chi connectivity index (χ0) is 13.5. The SMILES string of the molecule is CNC(=O)C[NH2+][C@H](C)C(=O)Nc1cccc(Cl)c1. The predicted octanol–water partition coefficient (Wildman–Crippen LogP) is -0.0236. The van der Waals surface area contributed by atoms with Crippen LogP contribution in [0.3, 0.4) is 0 Å². The highest BCUT2D eigenvalue weighted by Gasteiger charge is 2.17. The highest BCUT2D eigenvalue weighted by molar-refractivity contribution is 6.30. The molecule has 2 amide bonds. The van der Waals surface area contributed by atoms with Gasteiger partial charge >= 0.3 is 0 Å². The van der Waals surface area contributed by atoms with Gasteiger partial charge < -0.3 is 16.0 Å². The molecule has 0 aliphatic rings. The molecule has 5 nitrogen and oxygen atoms in total. The quantitative estimate of drug-likeness (QED) is 0.703. The highest BCUT2D eigenvalue weighted by atomic mass is 35.5. The number of hydrogen-bond donors (Lipinski definition) is 3. The summed E-state index contributed by atoms with van der Waals surface area (Å²) in [5.41, 5.74) is 0.646. The number of benzene rings is 1. The highest BCUT2D eigenvalue weighted by Crippen LogP contribution is 2.14. The van der Waals surface area contributed by atoms with Gasteiger partial charge in [0.2, 0.25) is 0 Å². The molecule has 1 atom stereocenters. The maximum atomic E-state index is 11.8. The third kappa shape index (κ3) is 4.73. The van der Waals surface area contributed by atoms with Crippen molar-refractivity contribution in [1.29, 1.82) is 0 Å². The van der Waals surface area contributed by atoms with Crippen LogP contribution in [0.4, 0.5) is 5.69 Å². The van der Waals surface area contributed by atoms with Crippen molar-refractivity contribution < 1.29 is 14.9 Å². The molecule has 1 rings (SSSR count). The first-order valence-electron chi connectivity index (χ1n) is 5.63. The molecule has 1 aromatic carbocycles. The lowest BCUT2D eigenvalue weighted by Gasteiger charge is -2.11. The molecule has 98 valence electrons. The van der Waals surface area contributed by atoms with Gasteiger partial charge in [-0.05, 0) is 25.1 Å². The Morgan fingerprint density at radius 3 is 2.78 bits per heavy atom. The molecule has 0 spiro atoms. The maximum Gasteiger partial charge on any atom is 0.282 e. The van der Waals surface area contributed by atoms with Crippen molar-refractivity contribution in [3.63, 3.8) is 0 Å². The van der Waals surface area contributed by atoms with Crippen LogP contribution in [0.5, 0.6) is 0 Å². The number of quaternary nitrogens is 1. The van der Waals surface area contributed by atoms with E-state index in [1.807, 2.05) is 0 Å². The molecule has 0 aliphatic carbocycles. The van der Waals surface area contributed by atoms with Gasteiger partial charge in [0.15, 0.2) is 12.6 Å². The summed E-state index contributed by atoms with van der Waals surface area (Å²) in [7, 11) is 1.56. The summed E-state index contributed by atoms with van der Waals surface area (Å²) in [6.45, 7) is 1.96. The summed E-state index contributed by atoms with van der Waals surface area (Å²) in [6, 6.07) is 6.58. The van der Waals surface area contributed by atoms with E-state index in [1.54, 1.807) is 43.6 Å². The Labute approximate surface area is 111 Å². The van der Waals surface area contributed by atoms with Crippen LogP contribution in [0.2, 0.25) is 5.02 Å². The summed E-state index contributed by atoms with van der Waals surface area (Å²) in [6.07, 6.45) is 0. The van der Waals surface area contributed by atoms with Gasteiger partial charge in [0, 0.05) is 17.8 Å². The van der Waals surface area contributed by atoms with Crippen molar-refractivity contribution >= 4 is 29.1 Å². The van der Waals surface area contributed by atoms with E-state index >= 15 is 0 Å². The van der Waals surface area contributed by atoms with Crippen LogP contribution in [0.15, 0.2) is 24.3 Å². The summed E-state index contributed by atoms with van der Waals surface area (Å²) in [5, 5.41) is 7.47. The van der Waals surface area contributed by atoms with Crippen molar-refractivity contribution in [2.75, 3.05) is 18.9 Å². The summed E-state index contributed by atoms with van der Waals surface area (Å²) >= 11 is 5.82. The Balaban J connectivity index is 2.47. The number of anilines is 1. The van der Waals surface area contributed by atoms with Gasteiger partial charge in [0.05, 0.1) is 0 Å². The zero-order valence-electron chi connectivity index (χ0n) is 10.4. The number of halogens is 1. The molecule has 0 bridgehead atoms. The molecule has 0 fully saturated rings. The van der Waals surface area contributed by atoms with Crippen molar-refractivity contribution in [2.24, 2.45) is 0 Å². The van der Waals surface area contributed by atoms with Gasteiger partial charge in [0.25, 0.3) is 11.8 Å². The number of hydrogen-bond acceptors (Lipinski definition) is 2. The normalized spacial score (nSPS) is 11.7. The van der Waals surface area contributed by atoms with E-state index in [9.17, 15) is 9.59 Å². The number of carbonyl (C=O) groups is 2. The molecule has 0 saturated carbocycles. The molecule has 18 heavy (non-hydrogen) atoms. The summed E-state index contributed by atoms with van der Waals surface area (Å²) < 4.78 is 0. The average molecular weight is 271 g/mol. The van der Waals surface area contributed by atoms with Crippen molar-refractivity contribution in [2.45, 2.75) is 13.0 Å². The third-order valence-corrected chi connectivity index (χ3v) is 2.68. The number of carbonyl (C=O) groups excluding carboxylic acids is 2. The number of amides is 2. The molecular weight excluding hydrogens is 254 g/mol. The van der Waals surface area contributed by atoms with Crippen LogP contribution in [0.1, 0.15) is 6.92 Å². The Bertz CT molecular complexity index is 437. The maximum absolute atomic E-state index is 11.8. The molecule has 0 unspecified atom stereocenters. The monoisotopic (exact) mass is 270 g/mol. The van der Waals surface area contributed by atoms with E-state index in [1.165, 1.54) is 0 Å². The first kappa shape index (κ1) is 14.5. The lowest BCUT2D eigenvalue weighted by Crippen LogP contribution is -2.93. The van der Waals surface area contributed by atoms with Crippen LogP contribution >= 0.6 is 11.6 Å². The Morgan fingerprint density at radius 1 is 1.44 bits per heavy atom. The molecule has 6 heteroatoms. The third-order valence-electron chi connectivity index (χ3n) is 2.44. The Morgan fingerprint density at radius 2 is 2.17 bits per heavy atom.